The molecule has 1 saturated carbocycles. The zero-order valence-electron chi connectivity index (χ0n) is 13.9. The predicted octanol–water partition coefficient (Wildman–Crippen LogP) is 3.43. The lowest BCUT2D eigenvalue weighted by Gasteiger charge is -2.36. The highest BCUT2D eigenvalue weighted by atomic mass is 32.2. The monoisotopic (exact) mass is 347 g/mol. The Morgan fingerprint density at radius 3 is 2.25 bits per heavy atom. The first-order valence-corrected chi connectivity index (χ1v) is 9.94. The fourth-order valence-corrected chi connectivity index (χ4v) is 5.05. The quantitative estimate of drug-likeness (QED) is 0.876. The Balaban J connectivity index is 1.58. The van der Waals surface area contributed by atoms with Crippen LogP contribution in [-0.4, -0.2) is 34.0 Å². The van der Waals surface area contributed by atoms with Gasteiger partial charge in [-0.3, -0.25) is 4.79 Å². The minimum Gasteiger partial charge on any atom is -0.480 e. The van der Waals surface area contributed by atoms with E-state index in [9.17, 15) is 14.7 Å². The number of rotatable bonds is 4. The van der Waals surface area contributed by atoms with E-state index in [0.29, 0.717) is 18.8 Å². The second kappa shape index (κ2) is 7.60. The molecule has 1 aliphatic carbocycles. The molecule has 0 spiro atoms. The minimum absolute atomic E-state index is 0.0456. The summed E-state index contributed by atoms with van der Waals surface area (Å²) in [7, 11) is 0. The average molecular weight is 347 g/mol. The molecule has 2 N–H and O–H groups in total. The first kappa shape index (κ1) is 17.3. The SMILES string of the molecule is O=C(NC1(C(=O)O)CCSCC1)C1CCC(c2ccccc2)CC1. The number of hydrogen-bond donors (Lipinski definition) is 2. The summed E-state index contributed by atoms with van der Waals surface area (Å²) in [5, 5.41) is 12.5. The van der Waals surface area contributed by atoms with Crippen LogP contribution in [-0.2, 0) is 9.59 Å². The van der Waals surface area contributed by atoms with Gasteiger partial charge in [0.25, 0.3) is 0 Å². The normalized spacial score (nSPS) is 26.5. The molecule has 1 aliphatic heterocycles. The summed E-state index contributed by atoms with van der Waals surface area (Å²) in [4.78, 5) is 24.3. The average Bonchev–Trinajstić information content (AvgIpc) is 2.63. The number of carbonyl (C=O) groups is 2. The summed E-state index contributed by atoms with van der Waals surface area (Å²) in [6.07, 6.45) is 4.73. The van der Waals surface area contributed by atoms with E-state index in [-0.39, 0.29) is 11.8 Å². The number of amides is 1. The van der Waals surface area contributed by atoms with Gasteiger partial charge in [-0.1, -0.05) is 30.3 Å². The van der Waals surface area contributed by atoms with Gasteiger partial charge in [-0.2, -0.15) is 11.8 Å². The van der Waals surface area contributed by atoms with E-state index in [1.165, 1.54) is 5.56 Å². The molecule has 1 saturated heterocycles. The maximum Gasteiger partial charge on any atom is 0.329 e. The van der Waals surface area contributed by atoms with Crippen LogP contribution in [0.1, 0.15) is 50.0 Å². The van der Waals surface area contributed by atoms with Crippen molar-refractivity contribution in [3.05, 3.63) is 35.9 Å². The van der Waals surface area contributed by atoms with E-state index in [2.05, 4.69) is 29.6 Å². The molecule has 1 aromatic rings. The van der Waals surface area contributed by atoms with Gasteiger partial charge in [0.1, 0.15) is 5.54 Å². The van der Waals surface area contributed by atoms with Crippen molar-refractivity contribution < 1.29 is 14.7 Å². The molecule has 2 fully saturated rings. The van der Waals surface area contributed by atoms with Crippen molar-refractivity contribution in [2.45, 2.75) is 50.0 Å². The second-order valence-electron chi connectivity index (χ2n) is 6.95. The van der Waals surface area contributed by atoms with Crippen molar-refractivity contribution in [2.75, 3.05) is 11.5 Å². The number of nitrogens with one attached hydrogen (secondary N) is 1. The molecule has 0 bridgehead atoms. The molecule has 1 heterocycles. The summed E-state index contributed by atoms with van der Waals surface area (Å²) in [5.41, 5.74) is 0.307. The Hall–Kier alpha value is -1.49. The second-order valence-corrected chi connectivity index (χ2v) is 8.17. The number of carboxylic acid groups (broad SMARTS) is 1. The number of aliphatic carboxylic acids is 1. The van der Waals surface area contributed by atoms with Crippen LogP contribution in [0.15, 0.2) is 30.3 Å². The van der Waals surface area contributed by atoms with Gasteiger partial charge >= 0.3 is 5.97 Å². The molecule has 0 atom stereocenters. The summed E-state index contributed by atoms with van der Waals surface area (Å²) in [6, 6.07) is 10.5. The lowest BCUT2D eigenvalue weighted by Crippen LogP contribution is -2.58. The van der Waals surface area contributed by atoms with Crippen LogP contribution in [0, 0.1) is 5.92 Å². The van der Waals surface area contributed by atoms with Gasteiger partial charge in [-0.05, 0) is 61.5 Å². The molecule has 5 heteroatoms. The van der Waals surface area contributed by atoms with E-state index < -0.39 is 11.5 Å². The van der Waals surface area contributed by atoms with E-state index >= 15 is 0 Å². The van der Waals surface area contributed by atoms with Crippen LogP contribution >= 0.6 is 11.8 Å². The Morgan fingerprint density at radius 2 is 1.67 bits per heavy atom. The molecule has 130 valence electrons. The molecule has 24 heavy (non-hydrogen) atoms. The highest BCUT2D eigenvalue weighted by Crippen LogP contribution is 2.36. The Morgan fingerprint density at radius 1 is 1.04 bits per heavy atom. The Kier molecular flexibility index (Phi) is 5.49. The fourth-order valence-electron chi connectivity index (χ4n) is 3.86. The molecular formula is C19H25NO3S. The number of hydrogen-bond acceptors (Lipinski definition) is 3. The summed E-state index contributed by atoms with van der Waals surface area (Å²) >= 11 is 1.76. The molecule has 0 unspecified atom stereocenters. The number of benzene rings is 1. The highest BCUT2D eigenvalue weighted by Gasteiger charge is 2.42. The van der Waals surface area contributed by atoms with Gasteiger partial charge in [0.2, 0.25) is 5.91 Å². The van der Waals surface area contributed by atoms with Crippen LogP contribution in [0.2, 0.25) is 0 Å². The Labute approximate surface area is 147 Å². The van der Waals surface area contributed by atoms with E-state index in [0.717, 1.165) is 37.2 Å². The zero-order chi connectivity index (χ0) is 17.0. The van der Waals surface area contributed by atoms with Crippen LogP contribution < -0.4 is 5.32 Å². The van der Waals surface area contributed by atoms with Crippen molar-refractivity contribution in [3.63, 3.8) is 0 Å². The number of carbonyl (C=O) groups excluding carboxylic acids is 1. The van der Waals surface area contributed by atoms with Gasteiger partial charge in [0.15, 0.2) is 0 Å². The van der Waals surface area contributed by atoms with E-state index in [4.69, 9.17) is 0 Å². The van der Waals surface area contributed by atoms with Crippen LogP contribution in [0.25, 0.3) is 0 Å². The van der Waals surface area contributed by atoms with E-state index in [1.54, 1.807) is 11.8 Å². The van der Waals surface area contributed by atoms with Gasteiger partial charge in [-0.15, -0.1) is 0 Å². The third kappa shape index (κ3) is 3.77. The van der Waals surface area contributed by atoms with Gasteiger partial charge in [0, 0.05) is 5.92 Å². The summed E-state index contributed by atoms with van der Waals surface area (Å²) in [6.45, 7) is 0. The van der Waals surface area contributed by atoms with Gasteiger partial charge < -0.3 is 10.4 Å². The van der Waals surface area contributed by atoms with Crippen molar-refractivity contribution in [1.82, 2.24) is 5.32 Å². The molecule has 3 rings (SSSR count). The molecule has 0 aromatic heterocycles. The molecule has 2 aliphatic rings. The first-order chi connectivity index (χ1) is 11.6. The zero-order valence-corrected chi connectivity index (χ0v) is 14.7. The van der Waals surface area contributed by atoms with E-state index in [1.807, 2.05) is 6.07 Å². The molecule has 0 radical (unpaired) electrons. The minimum atomic E-state index is -1.04. The first-order valence-electron chi connectivity index (χ1n) is 8.79. The standard InChI is InChI=1S/C19H25NO3S/c21-17(20-19(18(22)23)10-12-24-13-11-19)16-8-6-15(7-9-16)14-4-2-1-3-5-14/h1-5,15-16H,6-13H2,(H,20,21)(H,22,23). The molecular weight excluding hydrogens is 322 g/mol. The van der Waals surface area contributed by atoms with Gasteiger partial charge in [0.05, 0.1) is 0 Å². The van der Waals surface area contributed by atoms with Crippen LogP contribution in [0.5, 0.6) is 0 Å². The Bertz CT molecular complexity index is 576. The van der Waals surface area contributed by atoms with Crippen molar-refractivity contribution in [1.29, 1.82) is 0 Å². The lowest BCUT2D eigenvalue weighted by atomic mass is 9.78. The third-order valence-electron chi connectivity index (χ3n) is 5.49. The number of thioether (sulfide) groups is 1. The molecule has 1 amide bonds. The molecule has 4 nitrogen and oxygen atoms in total. The van der Waals surface area contributed by atoms with Crippen LogP contribution in [0.3, 0.4) is 0 Å². The predicted molar refractivity (Wildman–Crippen MR) is 96.2 cm³/mol. The number of carboxylic acids is 1. The largest absolute Gasteiger partial charge is 0.480 e. The molecule has 1 aromatic carbocycles. The van der Waals surface area contributed by atoms with Crippen LogP contribution in [0.4, 0.5) is 0 Å². The highest BCUT2D eigenvalue weighted by molar-refractivity contribution is 7.99. The fraction of sp³-hybridized carbons (Fsp3) is 0.579. The summed E-state index contributed by atoms with van der Waals surface area (Å²) < 4.78 is 0. The lowest BCUT2D eigenvalue weighted by molar-refractivity contribution is -0.149. The van der Waals surface area contributed by atoms with Crippen molar-refractivity contribution >= 4 is 23.6 Å². The smallest absolute Gasteiger partial charge is 0.329 e. The topological polar surface area (TPSA) is 66.4 Å². The van der Waals surface area contributed by atoms with Crippen molar-refractivity contribution in [3.8, 4) is 0 Å². The maximum atomic E-state index is 12.6. The summed E-state index contributed by atoms with van der Waals surface area (Å²) in [5.74, 6) is 1.14. The van der Waals surface area contributed by atoms with Gasteiger partial charge in [-0.25, -0.2) is 4.79 Å². The third-order valence-corrected chi connectivity index (χ3v) is 6.47. The van der Waals surface area contributed by atoms with Crippen molar-refractivity contribution in [2.24, 2.45) is 5.92 Å². The maximum absolute atomic E-state index is 12.6.